The Labute approximate surface area is 125 Å². The maximum Gasteiger partial charge on any atom is 0.324 e. The number of aliphatic carboxylic acids is 1. The largest absolute Gasteiger partial charge is 0.480 e. The van der Waals surface area contributed by atoms with E-state index in [1.165, 1.54) is 0 Å². The minimum Gasteiger partial charge on any atom is -0.480 e. The number of carboxylic acids is 1. The number of rotatable bonds is 8. The van der Waals surface area contributed by atoms with Crippen molar-refractivity contribution in [2.45, 2.75) is 51.0 Å². The van der Waals surface area contributed by atoms with Crippen LogP contribution >= 0.6 is 0 Å². The lowest BCUT2D eigenvalue weighted by Crippen LogP contribution is -2.49. The molecule has 1 aromatic carbocycles. The molecule has 1 heterocycles. The van der Waals surface area contributed by atoms with Crippen molar-refractivity contribution in [3.8, 4) is 0 Å². The molecule has 0 fully saturated rings. The van der Waals surface area contributed by atoms with E-state index in [1.54, 1.807) is 0 Å². The highest BCUT2D eigenvalue weighted by Gasteiger charge is 2.34. The number of benzene rings is 1. The van der Waals surface area contributed by atoms with E-state index in [4.69, 9.17) is 5.73 Å². The van der Waals surface area contributed by atoms with Crippen molar-refractivity contribution in [1.29, 1.82) is 0 Å². The van der Waals surface area contributed by atoms with Crippen molar-refractivity contribution in [2.75, 3.05) is 0 Å². The molecule has 1 aromatic heterocycles. The van der Waals surface area contributed by atoms with Gasteiger partial charge in [0.05, 0.1) is 0 Å². The van der Waals surface area contributed by atoms with Gasteiger partial charge in [0.25, 0.3) is 0 Å². The lowest BCUT2D eigenvalue weighted by molar-refractivity contribution is -0.143. The van der Waals surface area contributed by atoms with Crippen LogP contribution in [0.25, 0.3) is 10.9 Å². The summed E-state index contributed by atoms with van der Waals surface area (Å²) in [6.07, 6.45) is 6.91. The Hall–Kier alpha value is -1.81. The average Bonchev–Trinajstić information content (AvgIpc) is 2.87. The normalized spacial score (nSPS) is 14.2. The van der Waals surface area contributed by atoms with Gasteiger partial charge in [0.2, 0.25) is 0 Å². The first-order chi connectivity index (χ1) is 10.1. The third kappa shape index (κ3) is 3.64. The number of para-hydroxylation sites is 1. The zero-order valence-corrected chi connectivity index (χ0v) is 12.6. The van der Waals surface area contributed by atoms with Crippen molar-refractivity contribution < 1.29 is 9.90 Å². The molecule has 4 heteroatoms. The summed E-state index contributed by atoms with van der Waals surface area (Å²) in [5.74, 6) is -0.913. The smallest absolute Gasteiger partial charge is 0.324 e. The summed E-state index contributed by atoms with van der Waals surface area (Å²) in [5.41, 5.74) is 7.01. The molecule has 0 saturated carbocycles. The van der Waals surface area contributed by atoms with Gasteiger partial charge >= 0.3 is 5.97 Å². The fourth-order valence-corrected chi connectivity index (χ4v) is 2.76. The molecular weight excluding hydrogens is 264 g/mol. The number of aromatic nitrogens is 1. The van der Waals surface area contributed by atoms with E-state index in [2.05, 4.69) is 11.9 Å². The summed E-state index contributed by atoms with van der Waals surface area (Å²) in [5, 5.41) is 10.6. The molecule has 4 N–H and O–H groups in total. The van der Waals surface area contributed by atoms with Gasteiger partial charge in [0, 0.05) is 23.5 Å². The lowest BCUT2D eigenvalue weighted by Gasteiger charge is -2.24. The fourth-order valence-electron chi connectivity index (χ4n) is 2.76. The third-order valence-corrected chi connectivity index (χ3v) is 4.08. The summed E-state index contributed by atoms with van der Waals surface area (Å²) in [4.78, 5) is 14.8. The summed E-state index contributed by atoms with van der Waals surface area (Å²) >= 11 is 0. The molecule has 1 unspecified atom stereocenters. The SMILES string of the molecule is CCCCCCC(N)(Cc1c[nH]c2ccccc12)C(=O)O. The van der Waals surface area contributed by atoms with Crippen LogP contribution in [0.15, 0.2) is 30.5 Å². The first-order valence-corrected chi connectivity index (χ1v) is 7.64. The number of hydrogen-bond donors (Lipinski definition) is 3. The van der Waals surface area contributed by atoms with E-state index in [-0.39, 0.29) is 0 Å². The lowest BCUT2D eigenvalue weighted by atomic mass is 9.86. The third-order valence-electron chi connectivity index (χ3n) is 4.08. The molecule has 2 aromatic rings. The second-order valence-corrected chi connectivity index (χ2v) is 5.81. The maximum atomic E-state index is 11.6. The predicted molar refractivity (Wildman–Crippen MR) is 85.3 cm³/mol. The van der Waals surface area contributed by atoms with Gasteiger partial charge in [-0.1, -0.05) is 50.8 Å². The van der Waals surface area contributed by atoms with Gasteiger partial charge in [0.15, 0.2) is 0 Å². The first kappa shape index (κ1) is 15.6. The maximum absolute atomic E-state index is 11.6. The highest BCUT2D eigenvalue weighted by Crippen LogP contribution is 2.25. The van der Waals surface area contributed by atoms with Crippen LogP contribution in [0, 0.1) is 0 Å². The van der Waals surface area contributed by atoms with E-state index in [0.29, 0.717) is 12.8 Å². The van der Waals surface area contributed by atoms with Crippen LogP contribution in [0.2, 0.25) is 0 Å². The predicted octanol–water partition coefficient (Wildman–Crippen LogP) is 3.46. The van der Waals surface area contributed by atoms with E-state index < -0.39 is 11.5 Å². The van der Waals surface area contributed by atoms with E-state index in [1.807, 2.05) is 30.5 Å². The summed E-state index contributed by atoms with van der Waals surface area (Å²) in [6, 6.07) is 7.90. The molecule has 0 aliphatic heterocycles. The summed E-state index contributed by atoms with van der Waals surface area (Å²) in [7, 11) is 0. The number of unbranched alkanes of at least 4 members (excludes halogenated alkanes) is 3. The standard InChI is InChI=1S/C17H24N2O2/c1-2-3-4-7-10-17(18,16(20)21)11-13-12-19-15-9-6-5-8-14(13)15/h5-6,8-9,12,19H,2-4,7,10-11,18H2,1H3,(H,20,21). The van der Waals surface area contributed by atoms with Gasteiger partial charge in [-0.05, 0) is 18.1 Å². The molecule has 0 radical (unpaired) electrons. The highest BCUT2D eigenvalue weighted by molar-refractivity contribution is 5.85. The zero-order chi connectivity index (χ0) is 15.3. The molecule has 0 amide bonds. The molecule has 1 atom stereocenters. The second-order valence-electron chi connectivity index (χ2n) is 5.81. The molecule has 4 nitrogen and oxygen atoms in total. The summed E-state index contributed by atoms with van der Waals surface area (Å²) in [6.45, 7) is 2.14. The Bertz CT molecular complexity index is 606. The summed E-state index contributed by atoms with van der Waals surface area (Å²) < 4.78 is 0. The Morgan fingerprint density at radius 2 is 2.05 bits per heavy atom. The quantitative estimate of drug-likeness (QED) is 0.651. The number of carboxylic acid groups (broad SMARTS) is 1. The van der Waals surface area contributed by atoms with Gasteiger partial charge in [-0.25, -0.2) is 0 Å². The molecule has 2 rings (SSSR count). The average molecular weight is 288 g/mol. The van der Waals surface area contributed by atoms with Crippen LogP contribution in [-0.4, -0.2) is 21.6 Å². The van der Waals surface area contributed by atoms with Crippen LogP contribution in [0.4, 0.5) is 0 Å². The Morgan fingerprint density at radius 3 is 2.76 bits per heavy atom. The number of carbonyl (C=O) groups is 1. The van der Waals surface area contributed by atoms with E-state index >= 15 is 0 Å². The van der Waals surface area contributed by atoms with Gasteiger partial charge in [-0.15, -0.1) is 0 Å². The molecule has 0 aliphatic rings. The van der Waals surface area contributed by atoms with Gasteiger partial charge in [-0.3, -0.25) is 4.79 Å². The Balaban J connectivity index is 2.13. The minimum absolute atomic E-state index is 0.360. The molecule has 0 saturated heterocycles. The monoisotopic (exact) mass is 288 g/mol. The topological polar surface area (TPSA) is 79.1 Å². The van der Waals surface area contributed by atoms with Crippen molar-refractivity contribution in [3.05, 3.63) is 36.0 Å². The van der Waals surface area contributed by atoms with Crippen LogP contribution in [-0.2, 0) is 11.2 Å². The number of nitrogens with two attached hydrogens (primary N) is 1. The van der Waals surface area contributed by atoms with Crippen molar-refractivity contribution in [3.63, 3.8) is 0 Å². The molecule has 0 spiro atoms. The fraction of sp³-hybridized carbons (Fsp3) is 0.471. The van der Waals surface area contributed by atoms with Crippen LogP contribution < -0.4 is 5.73 Å². The van der Waals surface area contributed by atoms with Gasteiger partial charge < -0.3 is 15.8 Å². The van der Waals surface area contributed by atoms with Crippen LogP contribution in [0.3, 0.4) is 0 Å². The molecule has 0 aliphatic carbocycles. The number of nitrogens with one attached hydrogen (secondary N) is 1. The molecule has 0 bridgehead atoms. The zero-order valence-electron chi connectivity index (χ0n) is 12.6. The number of H-pyrrole nitrogens is 1. The van der Waals surface area contributed by atoms with Crippen molar-refractivity contribution in [1.82, 2.24) is 4.98 Å². The van der Waals surface area contributed by atoms with E-state index in [9.17, 15) is 9.90 Å². The number of aromatic amines is 1. The molecular formula is C17H24N2O2. The van der Waals surface area contributed by atoms with E-state index in [0.717, 1.165) is 42.1 Å². The molecule has 114 valence electrons. The van der Waals surface area contributed by atoms with Crippen LogP contribution in [0.5, 0.6) is 0 Å². The van der Waals surface area contributed by atoms with Crippen LogP contribution in [0.1, 0.15) is 44.6 Å². The second kappa shape index (κ2) is 6.76. The minimum atomic E-state index is -1.18. The molecule has 21 heavy (non-hydrogen) atoms. The first-order valence-electron chi connectivity index (χ1n) is 7.64. The Morgan fingerprint density at radius 1 is 1.29 bits per heavy atom. The number of hydrogen-bond acceptors (Lipinski definition) is 2. The van der Waals surface area contributed by atoms with Gasteiger partial charge in [0.1, 0.15) is 5.54 Å². The van der Waals surface area contributed by atoms with Gasteiger partial charge in [-0.2, -0.15) is 0 Å². The number of fused-ring (bicyclic) bond motifs is 1. The van der Waals surface area contributed by atoms with Crippen molar-refractivity contribution >= 4 is 16.9 Å². The Kier molecular flexibility index (Phi) is 5.02. The van der Waals surface area contributed by atoms with Crippen molar-refractivity contribution in [2.24, 2.45) is 5.73 Å². The highest BCUT2D eigenvalue weighted by atomic mass is 16.4.